The molecular formula is C22H26N4O2S. The van der Waals surface area contributed by atoms with Crippen LogP contribution in [-0.2, 0) is 11.8 Å². The van der Waals surface area contributed by atoms with Crippen molar-refractivity contribution >= 4 is 23.4 Å². The molecule has 0 saturated carbocycles. The summed E-state index contributed by atoms with van der Waals surface area (Å²) >= 11 is 1.37. The zero-order chi connectivity index (χ0) is 20.8. The smallest absolute Gasteiger partial charge is 0.234 e. The molecule has 7 heteroatoms. The van der Waals surface area contributed by atoms with Gasteiger partial charge < -0.3 is 14.6 Å². The number of carbonyl (C=O) groups excluding carboxylic acids is 1. The molecule has 0 saturated heterocycles. The van der Waals surface area contributed by atoms with Gasteiger partial charge in [-0.2, -0.15) is 0 Å². The Morgan fingerprint density at radius 1 is 1.17 bits per heavy atom. The summed E-state index contributed by atoms with van der Waals surface area (Å²) in [5.41, 5.74) is 2.98. The van der Waals surface area contributed by atoms with Crippen LogP contribution in [0.4, 0.5) is 5.69 Å². The van der Waals surface area contributed by atoms with Crippen LogP contribution >= 0.6 is 11.8 Å². The Balaban J connectivity index is 1.65. The predicted octanol–water partition coefficient (Wildman–Crippen LogP) is 4.74. The van der Waals surface area contributed by atoms with Crippen LogP contribution in [-0.4, -0.2) is 33.5 Å². The van der Waals surface area contributed by atoms with Crippen LogP contribution in [0, 0.1) is 0 Å². The SMILES string of the molecule is CCC(C)c1ccccc1NC(=O)CSc1nnc(-c2ccc(OC)cc2)n1C. The van der Waals surface area contributed by atoms with E-state index in [0.29, 0.717) is 11.1 Å². The lowest BCUT2D eigenvalue weighted by Gasteiger charge is -2.15. The highest BCUT2D eigenvalue weighted by atomic mass is 32.2. The van der Waals surface area contributed by atoms with Crippen molar-refractivity contribution in [3.63, 3.8) is 0 Å². The standard InChI is InChI=1S/C22H26N4O2S/c1-5-15(2)18-8-6-7-9-19(18)23-20(27)14-29-22-25-24-21(26(22)3)16-10-12-17(28-4)13-11-16/h6-13,15H,5,14H2,1-4H3,(H,23,27). The second-order valence-electron chi connectivity index (χ2n) is 6.83. The average Bonchev–Trinajstić information content (AvgIpc) is 3.12. The van der Waals surface area contributed by atoms with Gasteiger partial charge in [0.05, 0.1) is 12.9 Å². The third-order valence-electron chi connectivity index (χ3n) is 4.89. The van der Waals surface area contributed by atoms with Gasteiger partial charge in [-0.1, -0.05) is 43.8 Å². The van der Waals surface area contributed by atoms with E-state index < -0.39 is 0 Å². The van der Waals surface area contributed by atoms with Crippen LogP contribution in [0.3, 0.4) is 0 Å². The van der Waals surface area contributed by atoms with Gasteiger partial charge in [-0.05, 0) is 48.2 Å². The van der Waals surface area contributed by atoms with E-state index >= 15 is 0 Å². The number of methoxy groups -OCH3 is 1. The summed E-state index contributed by atoms with van der Waals surface area (Å²) < 4.78 is 7.09. The Hall–Kier alpha value is -2.80. The summed E-state index contributed by atoms with van der Waals surface area (Å²) in [6, 6.07) is 15.6. The molecule has 0 radical (unpaired) electrons. The van der Waals surface area contributed by atoms with Crippen molar-refractivity contribution in [2.24, 2.45) is 7.05 Å². The van der Waals surface area contributed by atoms with Gasteiger partial charge in [0.1, 0.15) is 5.75 Å². The lowest BCUT2D eigenvalue weighted by Crippen LogP contribution is -2.16. The normalized spacial score (nSPS) is 11.9. The van der Waals surface area contributed by atoms with Crippen LogP contribution in [0.1, 0.15) is 31.7 Å². The number of benzene rings is 2. The highest BCUT2D eigenvalue weighted by Crippen LogP contribution is 2.27. The number of amides is 1. The van der Waals surface area contributed by atoms with Gasteiger partial charge in [0.25, 0.3) is 0 Å². The maximum absolute atomic E-state index is 12.5. The Morgan fingerprint density at radius 2 is 1.90 bits per heavy atom. The Labute approximate surface area is 175 Å². The quantitative estimate of drug-likeness (QED) is 0.544. The first-order valence-electron chi connectivity index (χ1n) is 9.58. The molecule has 29 heavy (non-hydrogen) atoms. The molecular weight excluding hydrogens is 384 g/mol. The molecule has 0 aliphatic heterocycles. The molecule has 0 aliphatic rings. The first-order chi connectivity index (χ1) is 14.0. The molecule has 6 nitrogen and oxygen atoms in total. The van der Waals surface area contributed by atoms with E-state index in [1.54, 1.807) is 7.11 Å². The Bertz CT molecular complexity index is 969. The summed E-state index contributed by atoms with van der Waals surface area (Å²) in [4.78, 5) is 12.5. The fourth-order valence-corrected chi connectivity index (χ4v) is 3.72. The van der Waals surface area contributed by atoms with Gasteiger partial charge in [0.15, 0.2) is 11.0 Å². The van der Waals surface area contributed by atoms with Crippen molar-refractivity contribution in [1.82, 2.24) is 14.8 Å². The van der Waals surface area contributed by atoms with Crippen molar-refractivity contribution < 1.29 is 9.53 Å². The van der Waals surface area contributed by atoms with Crippen LogP contribution in [0.5, 0.6) is 5.75 Å². The molecule has 3 aromatic rings. The highest BCUT2D eigenvalue weighted by Gasteiger charge is 2.15. The first-order valence-corrected chi connectivity index (χ1v) is 10.6. The lowest BCUT2D eigenvalue weighted by atomic mass is 9.97. The van der Waals surface area contributed by atoms with Gasteiger partial charge in [0, 0.05) is 18.3 Å². The Kier molecular flexibility index (Phi) is 6.93. The van der Waals surface area contributed by atoms with Crippen molar-refractivity contribution in [3.05, 3.63) is 54.1 Å². The second kappa shape index (κ2) is 9.60. The van der Waals surface area contributed by atoms with Gasteiger partial charge in [-0.3, -0.25) is 4.79 Å². The zero-order valence-corrected chi connectivity index (χ0v) is 18.0. The number of hydrogen-bond acceptors (Lipinski definition) is 5. The molecule has 1 unspecified atom stereocenters. The van der Waals surface area contributed by atoms with Crippen LogP contribution in [0.25, 0.3) is 11.4 Å². The van der Waals surface area contributed by atoms with E-state index in [1.807, 2.05) is 54.1 Å². The number of rotatable bonds is 8. The van der Waals surface area contributed by atoms with Crippen LogP contribution in [0.2, 0.25) is 0 Å². The van der Waals surface area contributed by atoms with E-state index in [1.165, 1.54) is 11.8 Å². The number of nitrogens with one attached hydrogen (secondary N) is 1. The number of nitrogens with zero attached hydrogens (tertiary/aromatic N) is 3. The van der Waals surface area contributed by atoms with E-state index in [-0.39, 0.29) is 11.7 Å². The molecule has 0 fully saturated rings. The molecule has 152 valence electrons. The molecule has 1 amide bonds. The Morgan fingerprint density at radius 3 is 2.59 bits per heavy atom. The van der Waals surface area contributed by atoms with Crippen molar-refractivity contribution in [2.75, 3.05) is 18.2 Å². The third-order valence-corrected chi connectivity index (χ3v) is 5.91. The van der Waals surface area contributed by atoms with Gasteiger partial charge in [-0.15, -0.1) is 10.2 Å². The van der Waals surface area contributed by atoms with Crippen molar-refractivity contribution in [3.8, 4) is 17.1 Å². The molecule has 0 bridgehead atoms. The number of aromatic nitrogens is 3. The minimum Gasteiger partial charge on any atom is -0.497 e. The first kappa shape index (κ1) is 20.9. The molecule has 0 aliphatic carbocycles. The monoisotopic (exact) mass is 410 g/mol. The maximum Gasteiger partial charge on any atom is 0.234 e. The van der Waals surface area contributed by atoms with Gasteiger partial charge in [-0.25, -0.2) is 0 Å². The minimum atomic E-state index is -0.0558. The van der Waals surface area contributed by atoms with E-state index in [0.717, 1.165) is 34.8 Å². The molecule has 3 rings (SSSR count). The van der Waals surface area contributed by atoms with E-state index in [2.05, 4.69) is 35.4 Å². The molecule has 1 aromatic heterocycles. The summed E-state index contributed by atoms with van der Waals surface area (Å²) in [6.45, 7) is 4.31. The molecule has 0 spiro atoms. The second-order valence-corrected chi connectivity index (χ2v) is 7.77. The molecule has 2 aromatic carbocycles. The number of anilines is 1. The maximum atomic E-state index is 12.5. The average molecular weight is 411 g/mol. The molecule has 1 N–H and O–H groups in total. The lowest BCUT2D eigenvalue weighted by molar-refractivity contribution is -0.113. The fourth-order valence-electron chi connectivity index (χ4n) is 3.01. The van der Waals surface area contributed by atoms with Crippen LogP contribution < -0.4 is 10.1 Å². The van der Waals surface area contributed by atoms with Gasteiger partial charge >= 0.3 is 0 Å². The predicted molar refractivity (Wildman–Crippen MR) is 117 cm³/mol. The zero-order valence-electron chi connectivity index (χ0n) is 17.2. The number of ether oxygens (including phenoxy) is 1. The van der Waals surface area contributed by atoms with Crippen LogP contribution in [0.15, 0.2) is 53.7 Å². The number of hydrogen-bond donors (Lipinski definition) is 1. The third kappa shape index (κ3) is 4.98. The van der Waals surface area contributed by atoms with E-state index in [4.69, 9.17) is 4.74 Å². The van der Waals surface area contributed by atoms with Crippen molar-refractivity contribution in [1.29, 1.82) is 0 Å². The minimum absolute atomic E-state index is 0.0558. The number of carbonyl (C=O) groups is 1. The van der Waals surface area contributed by atoms with E-state index in [9.17, 15) is 4.79 Å². The largest absolute Gasteiger partial charge is 0.497 e. The van der Waals surface area contributed by atoms with Crippen molar-refractivity contribution in [2.45, 2.75) is 31.3 Å². The summed E-state index contributed by atoms with van der Waals surface area (Å²) in [5.74, 6) is 2.14. The summed E-state index contributed by atoms with van der Waals surface area (Å²) in [5, 5.41) is 12.2. The highest BCUT2D eigenvalue weighted by molar-refractivity contribution is 7.99. The van der Waals surface area contributed by atoms with Gasteiger partial charge in [0.2, 0.25) is 5.91 Å². The topological polar surface area (TPSA) is 69.0 Å². The molecule has 1 heterocycles. The number of para-hydroxylation sites is 1. The summed E-state index contributed by atoms with van der Waals surface area (Å²) in [7, 11) is 3.54. The summed E-state index contributed by atoms with van der Waals surface area (Å²) in [6.07, 6.45) is 1.02. The fraction of sp³-hybridized carbons (Fsp3) is 0.318. The number of thioether (sulfide) groups is 1. The molecule has 1 atom stereocenters.